The van der Waals surface area contributed by atoms with Crippen molar-refractivity contribution in [1.29, 1.82) is 0 Å². The molecule has 158 valence electrons. The number of halogens is 1. The maximum Gasteiger partial charge on any atom is 0.253 e. The van der Waals surface area contributed by atoms with Crippen LogP contribution in [-0.2, 0) is 16.0 Å². The van der Waals surface area contributed by atoms with Crippen LogP contribution in [0.1, 0.15) is 15.9 Å². The van der Waals surface area contributed by atoms with Crippen LogP contribution in [0.2, 0.25) is 0 Å². The van der Waals surface area contributed by atoms with Crippen LogP contribution >= 0.6 is 24.0 Å². The highest BCUT2D eigenvalue weighted by atomic mass is 127. The molecule has 0 aliphatic carbocycles. The second-order valence-corrected chi connectivity index (χ2v) is 6.45. The average Bonchev–Trinajstić information content (AvgIpc) is 2.64. The van der Waals surface area contributed by atoms with Gasteiger partial charge in [-0.15, -0.1) is 24.0 Å². The van der Waals surface area contributed by atoms with Gasteiger partial charge in [-0.2, -0.15) is 0 Å². The van der Waals surface area contributed by atoms with E-state index >= 15 is 0 Å². The standard InChI is InChI=1S/C19H31N5O3.HI/c1-23(2)17(25)14-22-19(21-11-12-27-5)20-10-9-15-7-6-8-16(13-15)18(26)24(3)4;/h6-8,13H,9-12,14H2,1-5H3,(H2,20,21,22);1H. The van der Waals surface area contributed by atoms with Gasteiger partial charge in [-0.1, -0.05) is 12.1 Å². The Bertz CT molecular complexity index is 650. The zero-order valence-electron chi connectivity index (χ0n) is 17.3. The van der Waals surface area contributed by atoms with E-state index in [4.69, 9.17) is 4.74 Å². The van der Waals surface area contributed by atoms with Crippen molar-refractivity contribution in [2.24, 2.45) is 4.99 Å². The molecule has 9 heteroatoms. The Morgan fingerprint density at radius 3 is 2.36 bits per heavy atom. The number of ether oxygens (including phenoxy) is 1. The maximum atomic E-state index is 12.1. The number of amides is 2. The first-order valence-electron chi connectivity index (χ1n) is 8.87. The first-order valence-corrected chi connectivity index (χ1v) is 8.87. The second kappa shape index (κ2) is 14.2. The van der Waals surface area contributed by atoms with Gasteiger partial charge < -0.3 is 25.2 Å². The fraction of sp³-hybridized carbons (Fsp3) is 0.526. The Labute approximate surface area is 184 Å². The molecule has 0 heterocycles. The smallest absolute Gasteiger partial charge is 0.253 e. The van der Waals surface area contributed by atoms with E-state index in [0.717, 1.165) is 12.0 Å². The number of nitrogens with one attached hydrogen (secondary N) is 2. The highest BCUT2D eigenvalue weighted by Crippen LogP contribution is 2.07. The molecule has 0 aliphatic heterocycles. The average molecular weight is 505 g/mol. The third-order valence-electron chi connectivity index (χ3n) is 3.76. The molecule has 0 aromatic heterocycles. The molecule has 0 atom stereocenters. The largest absolute Gasteiger partial charge is 0.383 e. The van der Waals surface area contributed by atoms with Crippen LogP contribution in [-0.4, -0.2) is 89.1 Å². The number of nitrogens with zero attached hydrogens (tertiary/aromatic N) is 3. The van der Waals surface area contributed by atoms with Crippen molar-refractivity contribution in [2.45, 2.75) is 6.42 Å². The molecule has 28 heavy (non-hydrogen) atoms. The summed E-state index contributed by atoms with van der Waals surface area (Å²) < 4.78 is 5.03. The number of carbonyl (C=O) groups is 2. The van der Waals surface area contributed by atoms with E-state index in [1.807, 2.05) is 24.3 Å². The lowest BCUT2D eigenvalue weighted by Crippen LogP contribution is -2.40. The number of guanidine groups is 1. The number of methoxy groups -OCH3 is 1. The van der Waals surface area contributed by atoms with Gasteiger partial charge in [0.1, 0.15) is 6.54 Å². The molecule has 0 aliphatic rings. The van der Waals surface area contributed by atoms with Gasteiger partial charge in [0, 0.05) is 54.0 Å². The minimum Gasteiger partial charge on any atom is -0.383 e. The fourth-order valence-corrected chi connectivity index (χ4v) is 2.18. The minimum atomic E-state index is -0.0715. The van der Waals surface area contributed by atoms with Gasteiger partial charge >= 0.3 is 0 Å². The number of hydrogen-bond acceptors (Lipinski definition) is 4. The minimum absolute atomic E-state index is 0. The van der Waals surface area contributed by atoms with Crippen molar-refractivity contribution in [1.82, 2.24) is 20.4 Å². The molecule has 1 aromatic rings. The SMILES string of the molecule is COCCNC(=NCC(=O)N(C)C)NCCc1cccc(C(=O)N(C)C)c1.I. The van der Waals surface area contributed by atoms with Crippen LogP contribution in [0, 0.1) is 0 Å². The lowest BCUT2D eigenvalue weighted by atomic mass is 10.1. The molecule has 0 radical (unpaired) electrons. The van der Waals surface area contributed by atoms with E-state index in [2.05, 4.69) is 15.6 Å². The summed E-state index contributed by atoms with van der Waals surface area (Å²) in [4.78, 5) is 31.2. The van der Waals surface area contributed by atoms with Gasteiger partial charge in [0.2, 0.25) is 5.91 Å². The van der Waals surface area contributed by atoms with Gasteiger partial charge in [-0.3, -0.25) is 9.59 Å². The highest BCUT2D eigenvalue weighted by Gasteiger charge is 2.08. The summed E-state index contributed by atoms with van der Waals surface area (Å²) in [5.74, 6) is 0.469. The molecule has 1 rings (SSSR count). The lowest BCUT2D eigenvalue weighted by molar-refractivity contribution is -0.127. The van der Waals surface area contributed by atoms with E-state index in [0.29, 0.717) is 31.2 Å². The monoisotopic (exact) mass is 505 g/mol. The summed E-state index contributed by atoms with van der Waals surface area (Å²) >= 11 is 0. The van der Waals surface area contributed by atoms with Gasteiger partial charge in [-0.05, 0) is 24.1 Å². The molecule has 1 aromatic carbocycles. The van der Waals surface area contributed by atoms with Gasteiger partial charge in [-0.25, -0.2) is 4.99 Å². The first kappa shape index (κ1) is 26.1. The molecule has 0 unspecified atom stereocenters. The molecule has 0 saturated heterocycles. The molecule has 0 spiro atoms. The van der Waals surface area contributed by atoms with Crippen LogP contribution in [0.4, 0.5) is 0 Å². The van der Waals surface area contributed by atoms with Crippen molar-refractivity contribution in [3.8, 4) is 0 Å². The normalized spacial score (nSPS) is 10.7. The zero-order chi connectivity index (χ0) is 20.2. The number of carbonyl (C=O) groups excluding carboxylic acids is 2. The van der Waals surface area contributed by atoms with Crippen molar-refractivity contribution in [3.63, 3.8) is 0 Å². The third kappa shape index (κ3) is 9.88. The Morgan fingerprint density at radius 1 is 1.07 bits per heavy atom. The maximum absolute atomic E-state index is 12.1. The third-order valence-corrected chi connectivity index (χ3v) is 3.76. The molecular formula is C19H32IN5O3. The summed E-state index contributed by atoms with van der Waals surface area (Å²) in [5, 5.41) is 6.34. The number of benzene rings is 1. The predicted octanol–water partition coefficient (Wildman–Crippen LogP) is 0.819. The lowest BCUT2D eigenvalue weighted by Gasteiger charge is -2.14. The summed E-state index contributed by atoms with van der Waals surface area (Å²) in [6, 6.07) is 7.58. The summed E-state index contributed by atoms with van der Waals surface area (Å²) in [6.07, 6.45) is 0.723. The zero-order valence-corrected chi connectivity index (χ0v) is 19.6. The first-order chi connectivity index (χ1) is 12.8. The molecule has 2 amide bonds. The molecule has 0 saturated carbocycles. The van der Waals surface area contributed by atoms with Crippen LogP contribution in [0.3, 0.4) is 0 Å². The topological polar surface area (TPSA) is 86.3 Å². The van der Waals surface area contributed by atoms with Gasteiger partial charge in [0.05, 0.1) is 6.61 Å². The Morgan fingerprint density at radius 2 is 1.75 bits per heavy atom. The molecular weight excluding hydrogens is 473 g/mol. The number of likely N-dealkylation sites (N-methyl/N-ethyl adjacent to an activating group) is 1. The fourth-order valence-electron chi connectivity index (χ4n) is 2.18. The van der Waals surface area contributed by atoms with Gasteiger partial charge in [0.15, 0.2) is 5.96 Å². The predicted molar refractivity (Wildman–Crippen MR) is 122 cm³/mol. The van der Waals surface area contributed by atoms with Crippen molar-refractivity contribution in [3.05, 3.63) is 35.4 Å². The number of hydrogen-bond donors (Lipinski definition) is 2. The second-order valence-electron chi connectivity index (χ2n) is 6.45. The van der Waals surface area contributed by atoms with E-state index in [-0.39, 0.29) is 42.3 Å². The molecule has 0 fully saturated rings. The molecule has 2 N–H and O–H groups in total. The van der Waals surface area contributed by atoms with Crippen molar-refractivity contribution in [2.75, 3.05) is 61.5 Å². The van der Waals surface area contributed by atoms with Crippen molar-refractivity contribution < 1.29 is 14.3 Å². The van der Waals surface area contributed by atoms with E-state index in [9.17, 15) is 9.59 Å². The summed E-state index contributed by atoms with van der Waals surface area (Å²) in [5.41, 5.74) is 1.72. The Kier molecular flexibility index (Phi) is 13.2. The van der Waals surface area contributed by atoms with Crippen LogP contribution in [0.5, 0.6) is 0 Å². The van der Waals surface area contributed by atoms with Crippen LogP contribution in [0.15, 0.2) is 29.3 Å². The van der Waals surface area contributed by atoms with Crippen LogP contribution < -0.4 is 10.6 Å². The van der Waals surface area contributed by atoms with E-state index < -0.39 is 0 Å². The quantitative estimate of drug-likeness (QED) is 0.225. The molecule has 0 bridgehead atoms. The molecule has 8 nitrogen and oxygen atoms in total. The number of aliphatic imine (C=N–C) groups is 1. The van der Waals surface area contributed by atoms with Crippen molar-refractivity contribution >= 4 is 41.8 Å². The number of rotatable bonds is 9. The van der Waals surface area contributed by atoms with E-state index in [1.165, 1.54) is 4.90 Å². The van der Waals surface area contributed by atoms with Crippen LogP contribution in [0.25, 0.3) is 0 Å². The van der Waals surface area contributed by atoms with E-state index in [1.54, 1.807) is 40.2 Å². The van der Waals surface area contributed by atoms with Gasteiger partial charge in [0.25, 0.3) is 5.91 Å². The summed E-state index contributed by atoms with van der Waals surface area (Å²) in [7, 11) is 8.50. The Balaban J connectivity index is 0.00000729. The summed E-state index contributed by atoms with van der Waals surface area (Å²) in [6.45, 7) is 1.82. The Hall–Kier alpha value is -1.88. The highest BCUT2D eigenvalue weighted by molar-refractivity contribution is 14.0.